The Labute approximate surface area is 81.5 Å². The van der Waals surface area contributed by atoms with E-state index in [0.29, 0.717) is 0 Å². The fraction of sp³-hybridized carbons (Fsp3) is 0.286. The van der Waals surface area contributed by atoms with Gasteiger partial charge in [0.2, 0.25) is 0 Å². The van der Waals surface area contributed by atoms with Crippen molar-refractivity contribution in [3.63, 3.8) is 0 Å². The molecule has 14 heavy (non-hydrogen) atoms. The summed E-state index contributed by atoms with van der Waals surface area (Å²) in [4.78, 5) is 3.35. The first-order chi connectivity index (χ1) is 6.42. The topological polar surface area (TPSA) is 22.1 Å². The third-order valence-electron chi connectivity index (χ3n) is 1.25. The molecule has 0 fully saturated rings. The molecule has 0 amide bonds. The first-order valence-electron chi connectivity index (χ1n) is 3.38. The standard InChI is InChI=1S/C7H4ClF4NO/c8-5-1-4(14-7(10,11)12)3-13-6(5)2-9/h1,3H,2H2. The van der Waals surface area contributed by atoms with Crippen LogP contribution in [-0.2, 0) is 6.67 Å². The lowest BCUT2D eigenvalue weighted by molar-refractivity contribution is -0.274. The Balaban J connectivity index is 2.87. The summed E-state index contributed by atoms with van der Waals surface area (Å²) in [5, 5.41) is -0.200. The van der Waals surface area contributed by atoms with Gasteiger partial charge in [0.15, 0.2) is 0 Å². The monoisotopic (exact) mass is 229 g/mol. The lowest BCUT2D eigenvalue weighted by atomic mass is 10.3. The number of alkyl halides is 4. The van der Waals surface area contributed by atoms with Gasteiger partial charge in [-0.3, -0.25) is 4.98 Å². The third kappa shape index (κ3) is 3.02. The molecule has 1 heterocycles. The predicted molar refractivity (Wildman–Crippen MR) is 40.7 cm³/mol. The summed E-state index contributed by atoms with van der Waals surface area (Å²) in [6.07, 6.45) is -4.05. The molecule has 0 aliphatic carbocycles. The van der Waals surface area contributed by atoms with Crippen LogP contribution < -0.4 is 4.74 Å². The highest BCUT2D eigenvalue weighted by Gasteiger charge is 2.31. The summed E-state index contributed by atoms with van der Waals surface area (Å²) in [7, 11) is 0. The molecule has 0 radical (unpaired) electrons. The number of hydrogen-bond donors (Lipinski definition) is 0. The van der Waals surface area contributed by atoms with E-state index in [-0.39, 0.29) is 10.7 Å². The molecule has 1 aromatic rings. The molecule has 1 aromatic heterocycles. The maximum atomic E-state index is 12.0. The van der Waals surface area contributed by atoms with Crippen molar-refractivity contribution >= 4 is 11.6 Å². The largest absolute Gasteiger partial charge is 0.573 e. The molecule has 0 bridgehead atoms. The minimum atomic E-state index is -4.80. The van der Waals surface area contributed by atoms with Crippen molar-refractivity contribution in [1.29, 1.82) is 0 Å². The van der Waals surface area contributed by atoms with Crippen LogP contribution >= 0.6 is 11.6 Å². The van der Waals surface area contributed by atoms with E-state index < -0.39 is 18.8 Å². The van der Waals surface area contributed by atoms with Crippen molar-refractivity contribution < 1.29 is 22.3 Å². The van der Waals surface area contributed by atoms with Gasteiger partial charge in [-0.15, -0.1) is 13.2 Å². The number of aromatic nitrogens is 1. The van der Waals surface area contributed by atoms with E-state index in [9.17, 15) is 17.6 Å². The van der Waals surface area contributed by atoms with Gasteiger partial charge in [-0.1, -0.05) is 11.6 Å². The van der Waals surface area contributed by atoms with Gasteiger partial charge in [0, 0.05) is 6.07 Å². The SMILES string of the molecule is FCc1ncc(OC(F)(F)F)cc1Cl. The Morgan fingerprint density at radius 1 is 1.43 bits per heavy atom. The Bertz CT molecular complexity index is 328. The van der Waals surface area contributed by atoms with Gasteiger partial charge < -0.3 is 4.74 Å². The maximum absolute atomic E-state index is 12.0. The summed E-state index contributed by atoms with van der Waals surface area (Å²) in [5.74, 6) is -0.570. The number of rotatable bonds is 2. The van der Waals surface area contributed by atoms with Gasteiger partial charge in [0.05, 0.1) is 16.9 Å². The first-order valence-corrected chi connectivity index (χ1v) is 3.76. The van der Waals surface area contributed by atoms with Crippen LogP contribution in [-0.4, -0.2) is 11.3 Å². The zero-order valence-electron chi connectivity index (χ0n) is 6.61. The first kappa shape index (κ1) is 11.0. The van der Waals surface area contributed by atoms with Crippen LogP contribution in [0.5, 0.6) is 5.75 Å². The lowest BCUT2D eigenvalue weighted by Gasteiger charge is -2.08. The second-order valence-electron chi connectivity index (χ2n) is 2.28. The van der Waals surface area contributed by atoms with Crippen molar-refractivity contribution in [2.45, 2.75) is 13.0 Å². The average molecular weight is 230 g/mol. The highest BCUT2D eigenvalue weighted by atomic mass is 35.5. The van der Waals surface area contributed by atoms with Crippen molar-refractivity contribution in [2.75, 3.05) is 0 Å². The van der Waals surface area contributed by atoms with E-state index in [2.05, 4.69) is 9.72 Å². The van der Waals surface area contributed by atoms with Gasteiger partial charge in [0.25, 0.3) is 0 Å². The summed E-state index contributed by atoms with van der Waals surface area (Å²) < 4.78 is 50.6. The van der Waals surface area contributed by atoms with Crippen LogP contribution in [0, 0.1) is 0 Å². The molecule has 78 valence electrons. The molecular formula is C7H4ClF4NO. The minimum Gasteiger partial charge on any atom is -0.404 e. The van der Waals surface area contributed by atoms with Gasteiger partial charge in [-0.25, -0.2) is 4.39 Å². The van der Waals surface area contributed by atoms with E-state index in [1.54, 1.807) is 0 Å². The molecular weight excluding hydrogens is 226 g/mol. The molecule has 0 N–H and O–H groups in total. The quantitative estimate of drug-likeness (QED) is 0.727. The van der Waals surface area contributed by atoms with Crippen LogP contribution in [0.15, 0.2) is 12.3 Å². The van der Waals surface area contributed by atoms with Crippen molar-refractivity contribution in [2.24, 2.45) is 0 Å². The van der Waals surface area contributed by atoms with Gasteiger partial charge in [0.1, 0.15) is 12.4 Å². The summed E-state index contributed by atoms with van der Waals surface area (Å²) >= 11 is 5.41. The highest BCUT2D eigenvalue weighted by Crippen LogP contribution is 2.26. The third-order valence-corrected chi connectivity index (χ3v) is 1.58. The van der Waals surface area contributed by atoms with Crippen LogP contribution in [0.25, 0.3) is 0 Å². The van der Waals surface area contributed by atoms with Crippen LogP contribution in [0.1, 0.15) is 5.69 Å². The van der Waals surface area contributed by atoms with E-state index in [0.717, 1.165) is 12.3 Å². The number of hydrogen-bond acceptors (Lipinski definition) is 2. The molecule has 0 aromatic carbocycles. The number of halogens is 5. The van der Waals surface area contributed by atoms with Gasteiger partial charge in [-0.2, -0.15) is 0 Å². The van der Waals surface area contributed by atoms with E-state index >= 15 is 0 Å². The van der Waals surface area contributed by atoms with Gasteiger partial charge >= 0.3 is 6.36 Å². The molecule has 0 aliphatic rings. The molecule has 0 atom stereocenters. The average Bonchev–Trinajstić information content (AvgIpc) is 2.01. The molecule has 0 saturated heterocycles. The second kappa shape index (κ2) is 4.00. The number of ether oxygens (including phenoxy) is 1. The fourth-order valence-electron chi connectivity index (χ4n) is 0.736. The van der Waals surface area contributed by atoms with Crippen LogP contribution in [0.4, 0.5) is 17.6 Å². The maximum Gasteiger partial charge on any atom is 0.573 e. The zero-order valence-corrected chi connectivity index (χ0v) is 7.36. The summed E-state index contributed by atoms with van der Waals surface area (Å²) in [6, 6.07) is 0.858. The molecule has 0 saturated carbocycles. The van der Waals surface area contributed by atoms with E-state index in [1.807, 2.05) is 0 Å². The predicted octanol–water partition coefficient (Wildman–Crippen LogP) is 3.10. The Morgan fingerprint density at radius 2 is 2.07 bits per heavy atom. The fourth-order valence-corrected chi connectivity index (χ4v) is 0.943. The normalized spacial score (nSPS) is 11.5. The molecule has 0 spiro atoms. The summed E-state index contributed by atoms with van der Waals surface area (Å²) in [6.45, 7) is -0.939. The van der Waals surface area contributed by atoms with Crippen molar-refractivity contribution in [1.82, 2.24) is 4.98 Å². The van der Waals surface area contributed by atoms with Crippen molar-refractivity contribution in [3.05, 3.63) is 23.0 Å². The highest BCUT2D eigenvalue weighted by molar-refractivity contribution is 6.31. The second-order valence-corrected chi connectivity index (χ2v) is 2.69. The zero-order chi connectivity index (χ0) is 10.8. The van der Waals surface area contributed by atoms with Gasteiger partial charge in [-0.05, 0) is 0 Å². The number of pyridine rings is 1. The lowest BCUT2D eigenvalue weighted by Crippen LogP contribution is -2.17. The van der Waals surface area contributed by atoms with E-state index in [4.69, 9.17) is 11.6 Å². The Hall–Kier alpha value is -1.04. The molecule has 2 nitrogen and oxygen atoms in total. The van der Waals surface area contributed by atoms with Crippen molar-refractivity contribution in [3.8, 4) is 5.75 Å². The van der Waals surface area contributed by atoms with E-state index in [1.165, 1.54) is 0 Å². The molecule has 0 aliphatic heterocycles. The summed E-state index contributed by atoms with van der Waals surface area (Å²) in [5.41, 5.74) is -0.124. The molecule has 7 heteroatoms. The van der Waals surface area contributed by atoms with Crippen LogP contribution in [0.3, 0.4) is 0 Å². The van der Waals surface area contributed by atoms with Crippen LogP contribution in [0.2, 0.25) is 5.02 Å². The Morgan fingerprint density at radius 3 is 2.50 bits per heavy atom. The Kier molecular flexibility index (Phi) is 3.15. The minimum absolute atomic E-state index is 0.124. The number of nitrogens with zero attached hydrogens (tertiary/aromatic N) is 1. The smallest absolute Gasteiger partial charge is 0.404 e. The molecule has 1 rings (SSSR count). The molecule has 0 unspecified atom stereocenters.